The molecule has 0 radical (unpaired) electrons. The van der Waals surface area contributed by atoms with Crippen LogP contribution in [-0.4, -0.2) is 103 Å². The standard InChI is InChI=1S/C41H65N5O4/c1-27-8-15-41(49-25-27)28(2)38-35(50-41)23-34-32-7-6-29-22-30(9-13-39(29,3)33(32)10-14-40(34,38)4)43-36(47)24-37(48)46-16-11-31(12-17-46)45-20-18-44(19-21-45)26-42-5/h27-35,38H,6-26H2,1-4H3,(H,43,47)/t27-,28+,29-,30?,32-,33?,34+,35+,38+,39+,40+,41-/m1/s1. The number of carbonyl (C=O) groups excluding carboxylic acids is 2. The first-order valence-electron chi connectivity index (χ1n) is 20.7. The molecule has 0 aromatic carbocycles. The van der Waals surface area contributed by atoms with E-state index >= 15 is 0 Å². The van der Waals surface area contributed by atoms with Gasteiger partial charge in [-0.05, 0) is 117 Å². The van der Waals surface area contributed by atoms with Crippen molar-refractivity contribution in [1.82, 2.24) is 20.0 Å². The maximum absolute atomic E-state index is 13.2. The molecule has 4 saturated heterocycles. The lowest BCUT2D eigenvalue weighted by Crippen LogP contribution is -2.56. The summed E-state index contributed by atoms with van der Waals surface area (Å²) >= 11 is 0. The fourth-order valence-electron chi connectivity index (χ4n) is 13.8. The van der Waals surface area contributed by atoms with E-state index in [0.29, 0.717) is 53.3 Å². The average Bonchev–Trinajstić information content (AvgIpc) is 3.56. The van der Waals surface area contributed by atoms with Gasteiger partial charge in [0, 0.05) is 63.7 Å². The highest BCUT2D eigenvalue weighted by Gasteiger charge is 2.69. The molecular weight excluding hydrogens is 626 g/mol. The molecule has 4 saturated carbocycles. The van der Waals surface area contributed by atoms with Gasteiger partial charge < -0.3 is 19.7 Å². The van der Waals surface area contributed by atoms with Gasteiger partial charge >= 0.3 is 0 Å². The molecule has 0 bridgehead atoms. The number of piperazine rings is 1. The molecule has 8 rings (SSSR count). The van der Waals surface area contributed by atoms with Gasteiger partial charge in [0.2, 0.25) is 11.8 Å². The Kier molecular flexibility index (Phi) is 9.60. The Hall–Kier alpha value is -1.73. The Morgan fingerprint density at radius 2 is 1.62 bits per heavy atom. The number of amides is 2. The van der Waals surface area contributed by atoms with E-state index in [1.54, 1.807) is 0 Å². The van der Waals surface area contributed by atoms with Gasteiger partial charge in [-0.15, -0.1) is 0 Å². The molecule has 8 aliphatic rings. The van der Waals surface area contributed by atoms with Gasteiger partial charge in [0.1, 0.15) is 6.42 Å². The highest BCUT2D eigenvalue weighted by molar-refractivity contribution is 5.97. The lowest BCUT2D eigenvalue weighted by atomic mass is 9.44. The third kappa shape index (κ3) is 6.04. The van der Waals surface area contributed by atoms with Crippen LogP contribution in [0, 0.1) is 58.8 Å². The first-order chi connectivity index (χ1) is 24.0. The predicted octanol–water partition coefficient (Wildman–Crippen LogP) is 5.79. The normalized spacial score (nSPS) is 46.8. The molecule has 50 heavy (non-hydrogen) atoms. The van der Waals surface area contributed by atoms with Crippen molar-refractivity contribution >= 4 is 11.8 Å². The summed E-state index contributed by atoms with van der Waals surface area (Å²) < 4.78 is 13.5. The topological polar surface area (TPSA) is 78.7 Å². The maximum Gasteiger partial charge on any atom is 0.270 e. The zero-order chi connectivity index (χ0) is 34.8. The first-order valence-corrected chi connectivity index (χ1v) is 20.7. The van der Waals surface area contributed by atoms with Gasteiger partial charge in [-0.25, -0.2) is 11.5 Å². The number of fused-ring (bicyclic) bond motifs is 7. The number of nitrogens with one attached hydrogen (secondary N) is 1. The summed E-state index contributed by atoms with van der Waals surface area (Å²) in [7, 11) is 0. The van der Waals surface area contributed by atoms with E-state index in [1.165, 1.54) is 44.9 Å². The molecule has 8 fully saturated rings. The van der Waals surface area contributed by atoms with Crippen LogP contribution in [-0.2, 0) is 19.1 Å². The second-order valence-corrected chi connectivity index (χ2v) is 19.0. The van der Waals surface area contributed by atoms with E-state index in [4.69, 9.17) is 16.0 Å². The quantitative estimate of drug-likeness (QED) is 0.291. The number of ether oxygens (including phenoxy) is 2. The molecule has 2 amide bonds. The van der Waals surface area contributed by atoms with Crippen molar-refractivity contribution in [2.45, 2.75) is 135 Å². The lowest BCUT2D eigenvalue weighted by molar-refractivity contribution is -0.273. The third-order valence-electron chi connectivity index (χ3n) is 16.6. The number of nitrogens with zero attached hydrogens (tertiary/aromatic N) is 4. The largest absolute Gasteiger partial charge is 0.353 e. The molecule has 1 spiro atoms. The molecule has 4 heterocycles. The fourth-order valence-corrected chi connectivity index (χ4v) is 13.8. The second-order valence-electron chi connectivity index (χ2n) is 19.0. The van der Waals surface area contributed by atoms with E-state index in [9.17, 15) is 9.59 Å². The van der Waals surface area contributed by atoms with Crippen LogP contribution in [0.5, 0.6) is 0 Å². The maximum atomic E-state index is 13.2. The van der Waals surface area contributed by atoms with Crippen molar-refractivity contribution in [1.29, 1.82) is 0 Å². The molecule has 2 unspecified atom stereocenters. The van der Waals surface area contributed by atoms with Gasteiger partial charge in [-0.2, -0.15) is 0 Å². The molecule has 12 atom stereocenters. The molecule has 9 nitrogen and oxygen atoms in total. The van der Waals surface area contributed by atoms with Crippen molar-refractivity contribution in [2.24, 2.45) is 52.3 Å². The van der Waals surface area contributed by atoms with Gasteiger partial charge in [0.25, 0.3) is 6.67 Å². The summed E-state index contributed by atoms with van der Waals surface area (Å²) in [6, 6.07) is 0.700. The van der Waals surface area contributed by atoms with Crippen LogP contribution in [0.1, 0.15) is 111 Å². The smallest absolute Gasteiger partial charge is 0.270 e. The molecule has 1 N–H and O–H groups in total. The summed E-state index contributed by atoms with van der Waals surface area (Å²) in [6.45, 7) is 23.9. The zero-order valence-corrected chi connectivity index (χ0v) is 31.5. The highest BCUT2D eigenvalue weighted by atomic mass is 16.7. The molecule has 9 heteroatoms. The predicted molar refractivity (Wildman–Crippen MR) is 192 cm³/mol. The van der Waals surface area contributed by atoms with Crippen LogP contribution in [0.3, 0.4) is 0 Å². The number of rotatable bonds is 5. The molecule has 0 aromatic rings. The summed E-state index contributed by atoms with van der Waals surface area (Å²) in [6.07, 6.45) is 14.3. The van der Waals surface area contributed by atoms with E-state index in [-0.39, 0.29) is 30.1 Å². The molecule has 278 valence electrons. The van der Waals surface area contributed by atoms with Crippen LogP contribution in [0.2, 0.25) is 0 Å². The number of hydrogen-bond acceptors (Lipinski definition) is 6. The Balaban J connectivity index is 0.813. The lowest BCUT2D eigenvalue weighted by Gasteiger charge is -2.61. The minimum Gasteiger partial charge on any atom is -0.353 e. The number of hydrogen-bond donors (Lipinski definition) is 1. The van der Waals surface area contributed by atoms with Gasteiger partial charge in [-0.3, -0.25) is 19.3 Å². The van der Waals surface area contributed by atoms with Crippen molar-refractivity contribution in [3.63, 3.8) is 0 Å². The van der Waals surface area contributed by atoms with Gasteiger partial charge in [0.15, 0.2) is 5.79 Å². The van der Waals surface area contributed by atoms with Crippen LogP contribution in [0.15, 0.2) is 0 Å². The average molecular weight is 692 g/mol. The third-order valence-corrected chi connectivity index (χ3v) is 16.6. The number of carbonyl (C=O) groups is 2. The Bertz CT molecular complexity index is 1310. The summed E-state index contributed by atoms with van der Waals surface area (Å²) in [5, 5.41) is 3.34. The SMILES string of the molecule is [C-]#[N+]CN1CCN(C2CCN(C(=O)CC(=O)NC3CC[C@]4(C)C5CC[C@]6(C)[C@@H]7[C@H](C[C@H]6[C@@H]5CC[C@@H]4C3)O[C@]3(CC[C@@H](C)CO3)[C@H]7C)CC2)CC1. The summed E-state index contributed by atoms with van der Waals surface area (Å²) in [5.74, 6) is 4.28. The van der Waals surface area contributed by atoms with Crippen LogP contribution >= 0.6 is 0 Å². The van der Waals surface area contributed by atoms with E-state index in [0.717, 1.165) is 95.7 Å². The number of piperidine rings is 1. The fraction of sp³-hybridized carbons (Fsp3) is 0.927. The van der Waals surface area contributed by atoms with Gasteiger partial charge in [-0.1, -0.05) is 27.7 Å². The summed E-state index contributed by atoms with van der Waals surface area (Å²) in [4.78, 5) is 36.6. The van der Waals surface area contributed by atoms with E-state index < -0.39 is 0 Å². The van der Waals surface area contributed by atoms with Crippen molar-refractivity contribution in [3.05, 3.63) is 11.4 Å². The highest BCUT2D eigenvalue weighted by Crippen LogP contribution is 2.71. The number of likely N-dealkylation sites (tertiary alicyclic amines) is 1. The zero-order valence-electron chi connectivity index (χ0n) is 31.5. The monoisotopic (exact) mass is 692 g/mol. The van der Waals surface area contributed by atoms with Gasteiger partial charge in [0.05, 0.1) is 12.7 Å². The van der Waals surface area contributed by atoms with Crippen molar-refractivity contribution < 1.29 is 19.1 Å². The first kappa shape index (κ1) is 35.3. The molecular formula is C41H65N5O4. The molecule has 4 aliphatic heterocycles. The second kappa shape index (κ2) is 13.6. The van der Waals surface area contributed by atoms with E-state index in [1.807, 2.05) is 4.90 Å². The Morgan fingerprint density at radius 1 is 0.860 bits per heavy atom. The Labute approximate surface area is 301 Å². The van der Waals surface area contributed by atoms with Crippen LogP contribution in [0.25, 0.3) is 4.85 Å². The van der Waals surface area contributed by atoms with Crippen molar-refractivity contribution in [2.75, 3.05) is 52.5 Å². The minimum absolute atomic E-state index is 0.00982. The van der Waals surface area contributed by atoms with Crippen LogP contribution in [0.4, 0.5) is 0 Å². The minimum atomic E-state index is -0.336. The molecule has 0 aromatic heterocycles. The summed E-state index contributed by atoms with van der Waals surface area (Å²) in [5.41, 5.74) is 0.704. The Morgan fingerprint density at radius 3 is 2.34 bits per heavy atom. The molecule has 4 aliphatic carbocycles. The van der Waals surface area contributed by atoms with Crippen molar-refractivity contribution in [3.8, 4) is 0 Å². The van der Waals surface area contributed by atoms with Crippen LogP contribution < -0.4 is 5.32 Å². The van der Waals surface area contributed by atoms with E-state index in [2.05, 4.69) is 47.7 Å².